The van der Waals surface area contributed by atoms with Crippen molar-refractivity contribution in [3.63, 3.8) is 0 Å². The quantitative estimate of drug-likeness (QED) is 0.205. The second-order valence-corrected chi connectivity index (χ2v) is 13.8. The molecule has 2 saturated carbocycles. The molecule has 0 amide bonds. The van der Waals surface area contributed by atoms with E-state index < -0.39 is 76.0 Å². The Morgan fingerprint density at radius 2 is 1.88 bits per heavy atom. The van der Waals surface area contributed by atoms with Crippen molar-refractivity contribution >= 4 is 30.2 Å². The lowest BCUT2D eigenvalue weighted by atomic mass is 9.44. The molecule has 0 unspecified atom stereocenters. The van der Waals surface area contributed by atoms with E-state index in [9.17, 15) is 24.0 Å². The Hall–Kier alpha value is -3.47. The molecule has 232 valence electrons. The molecule has 11 heteroatoms. The van der Waals surface area contributed by atoms with Crippen LogP contribution < -0.4 is 0 Å². The standard InChI is InChI=1S/C32H38O11/c1-16(2)9-24(36)41-28-27(40-15-33)26-17(3)32(21(34)10-19(31(28,32)6)18-7-8-38-13-18)42-22-12-25(37)43-29(4)14-39-23(35)11-20(29)30(22,26)5/h7-8,13,15-16,19-20,22,26-28H,3,9-12,14H2,1-2,4-6H3/t19-,20-,22-,26+,27+,28-,29+,30+,31+,32+/m0/s1. The highest BCUT2D eigenvalue weighted by Crippen LogP contribution is 2.72. The van der Waals surface area contributed by atoms with Crippen LogP contribution in [0.4, 0.5) is 0 Å². The van der Waals surface area contributed by atoms with E-state index in [-0.39, 0.29) is 44.0 Å². The number of carbonyl (C=O) groups excluding carboxylic acids is 5. The number of rotatable bonds is 6. The molecule has 0 aromatic carbocycles. The Labute approximate surface area is 249 Å². The van der Waals surface area contributed by atoms with Gasteiger partial charge >= 0.3 is 17.9 Å². The smallest absolute Gasteiger partial charge is 0.309 e. The van der Waals surface area contributed by atoms with Gasteiger partial charge in [-0.2, -0.15) is 0 Å². The van der Waals surface area contributed by atoms with E-state index in [0.29, 0.717) is 17.6 Å². The van der Waals surface area contributed by atoms with Crippen LogP contribution >= 0.6 is 0 Å². The van der Waals surface area contributed by atoms with E-state index in [0.717, 1.165) is 0 Å². The van der Waals surface area contributed by atoms with E-state index >= 15 is 0 Å². The van der Waals surface area contributed by atoms with Crippen molar-refractivity contribution in [3.8, 4) is 0 Å². The second-order valence-electron chi connectivity index (χ2n) is 13.8. The van der Waals surface area contributed by atoms with Crippen molar-refractivity contribution in [1.29, 1.82) is 0 Å². The maximum atomic E-state index is 14.4. The molecule has 0 N–H and O–H groups in total. The van der Waals surface area contributed by atoms with Crippen LogP contribution in [0, 0.1) is 28.6 Å². The molecule has 3 aliphatic heterocycles. The third kappa shape index (κ3) is 3.85. The highest BCUT2D eigenvalue weighted by molar-refractivity contribution is 5.97. The molecular weight excluding hydrogens is 560 g/mol. The van der Waals surface area contributed by atoms with Gasteiger partial charge in [-0.1, -0.05) is 34.3 Å². The van der Waals surface area contributed by atoms with Crippen LogP contribution in [-0.4, -0.2) is 66.3 Å². The van der Waals surface area contributed by atoms with Crippen LogP contribution in [0.3, 0.4) is 0 Å². The third-order valence-electron chi connectivity index (χ3n) is 11.1. The summed E-state index contributed by atoms with van der Waals surface area (Å²) in [6.07, 6.45) is -0.375. The fraction of sp³-hybridized carbons (Fsp3) is 0.656. The lowest BCUT2D eigenvalue weighted by Crippen LogP contribution is -2.77. The maximum absolute atomic E-state index is 14.4. The van der Waals surface area contributed by atoms with E-state index in [1.165, 1.54) is 12.5 Å². The first-order valence-electron chi connectivity index (χ1n) is 14.8. The summed E-state index contributed by atoms with van der Waals surface area (Å²) in [4.78, 5) is 66.1. The minimum Gasteiger partial charge on any atom is -0.472 e. The van der Waals surface area contributed by atoms with Gasteiger partial charge in [0.1, 0.15) is 24.4 Å². The molecule has 4 heterocycles. The number of hydrogen-bond donors (Lipinski definition) is 0. The molecule has 2 aliphatic carbocycles. The molecule has 5 fully saturated rings. The Bertz CT molecular complexity index is 1380. The summed E-state index contributed by atoms with van der Waals surface area (Å²) >= 11 is 0. The Morgan fingerprint density at radius 3 is 2.53 bits per heavy atom. The first-order chi connectivity index (χ1) is 20.2. The topological polar surface area (TPSA) is 145 Å². The van der Waals surface area contributed by atoms with Gasteiger partial charge in [-0.25, -0.2) is 0 Å². The SMILES string of the molecule is C=C1[C@@H]2[C@@H](OC=O)[C@H](OC(=O)CC(C)C)[C@@]3(C)[C@H](c4ccoc4)CC(=O)[C@]13O[C@H]1CC(=O)O[C@]3(C)COC(=O)C[C@@H]3[C@]12C. The molecule has 1 spiro atoms. The summed E-state index contributed by atoms with van der Waals surface area (Å²) in [7, 11) is 0. The predicted octanol–water partition coefficient (Wildman–Crippen LogP) is 3.44. The summed E-state index contributed by atoms with van der Waals surface area (Å²) in [5, 5.41) is 0. The summed E-state index contributed by atoms with van der Waals surface area (Å²) in [5.74, 6) is -3.93. The number of ketones is 1. The lowest BCUT2D eigenvalue weighted by Gasteiger charge is -2.67. The van der Waals surface area contributed by atoms with E-state index in [2.05, 4.69) is 6.58 Å². The van der Waals surface area contributed by atoms with Crippen molar-refractivity contribution in [2.45, 2.75) is 95.7 Å². The molecule has 6 rings (SSSR count). The average Bonchev–Trinajstić information content (AvgIpc) is 3.50. The predicted molar refractivity (Wildman–Crippen MR) is 146 cm³/mol. The van der Waals surface area contributed by atoms with Crippen LogP contribution in [0.25, 0.3) is 0 Å². The van der Waals surface area contributed by atoms with Gasteiger partial charge in [-0.15, -0.1) is 0 Å². The summed E-state index contributed by atoms with van der Waals surface area (Å²) in [6, 6.07) is 1.74. The maximum Gasteiger partial charge on any atom is 0.309 e. The molecule has 5 aliphatic rings. The van der Waals surface area contributed by atoms with Crippen molar-refractivity contribution in [3.05, 3.63) is 36.3 Å². The van der Waals surface area contributed by atoms with Gasteiger partial charge in [0.15, 0.2) is 11.4 Å². The second kappa shape index (κ2) is 9.77. The zero-order valence-corrected chi connectivity index (χ0v) is 25.1. The number of furan rings is 1. The van der Waals surface area contributed by atoms with Gasteiger partial charge in [-0.05, 0) is 30.0 Å². The number of hydrogen-bond acceptors (Lipinski definition) is 11. The first kappa shape index (κ1) is 29.6. The minimum atomic E-state index is -1.70. The number of ether oxygens (including phenoxy) is 5. The Kier molecular flexibility index (Phi) is 6.72. The Morgan fingerprint density at radius 1 is 1.14 bits per heavy atom. The summed E-state index contributed by atoms with van der Waals surface area (Å²) in [6.45, 7) is 13.7. The van der Waals surface area contributed by atoms with E-state index in [1.54, 1.807) is 19.9 Å². The number of carbonyl (C=O) groups is 5. The van der Waals surface area contributed by atoms with Crippen LogP contribution in [0.1, 0.15) is 71.8 Å². The van der Waals surface area contributed by atoms with Gasteiger partial charge in [0.25, 0.3) is 6.47 Å². The fourth-order valence-electron chi connectivity index (χ4n) is 9.25. The van der Waals surface area contributed by atoms with Crippen molar-refractivity contribution in [2.75, 3.05) is 6.61 Å². The largest absolute Gasteiger partial charge is 0.472 e. The molecule has 0 radical (unpaired) electrons. The zero-order chi connectivity index (χ0) is 31.1. The number of cyclic esters (lactones) is 1. The normalized spacial score (nSPS) is 43.5. The molecule has 2 bridgehead atoms. The van der Waals surface area contributed by atoms with Gasteiger partial charge in [-0.3, -0.25) is 24.0 Å². The molecular formula is C32H38O11. The number of Topliss-reactive ketones (excluding diaryl/α,β-unsaturated/α-hetero) is 1. The lowest BCUT2D eigenvalue weighted by molar-refractivity contribution is -0.295. The van der Waals surface area contributed by atoms with Crippen molar-refractivity contribution in [2.24, 2.45) is 28.6 Å². The highest BCUT2D eigenvalue weighted by Gasteiger charge is 2.81. The van der Waals surface area contributed by atoms with Crippen molar-refractivity contribution < 1.29 is 52.1 Å². The van der Waals surface area contributed by atoms with Crippen LogP contribution in [-0.2, 0) is 47.7 Å². The average molecular weight is 599 g/mol. The van der Waals surface area contributed by atoms with Gasteiger partial charge in [0, 0.05) is 36.0 Å². The summed E-state index contributed by atoms with van der Waals surface area (Å²) in [5.41, 5.74) is -4.32. The molecule has 10 atom stereocenters. The van der Waals surface area contributed by atoms with Crippen LogP contribution in [0.2, 0.25) is 0 Å². The molecule has 1 aromatic rings. The number of esters is 3. The highest BCUT2D eigenvalue weighted by atomic mass is 16.6. The molecule has 3 saturated heterocycles. The van der Waals surface area contributed by atoms with Gasteiger partial charge in [0.2, 0.25) is 0 Å². The third-order valence-corrected chi connectivity index (χ3v) is 11.1. The van der Waals surface area contributed by atoms with Crippen LogP contribution in [0.15, 0.2) is 35.2 Å². The van der Waals surface area contributed by atoms with E-state index in [4.69, 9.17) is 28.1 Å². The zero-order valence-electron chi connectivity index (χ0n) is 25.1. The first-order valence-corrected chi connectivity index (χ1v) is 14.8. The van der Waals surface area contributed by atoms with Gasteiger partial charge < -0.3 is 28.1 Å². The minimum absolute atomic E-state index is 0.00909. The molecule has 11 nitrogen and oxygen atoms in total. The van der Waals surface area contributed by atoms with E-state index in [1.807, 2.05) is 20.8 Å². The fourth-order valence-corrected chi connectivity index (χ4v) is 9.25. The molecule has 43 heavy (non-hydrogen) atoms. The number of fused-ring (bicyclic) bond motifs is 5. The van der Waals surface area contributed by atoms with Gasteiger partial charge in [0.05, 0.1) is 36.9 Å². The molecule has 1 aromatic heterocycles. The van der Waals surface area contributed by atoms with Crippen LogP contribution in [0.5, 0.6) is 0 Å². The summed E-state index contributed by atoms with van der Waals surface area (Å²) < 4.78 is 35.8. The monoisotopic (exact) mass is 598 g/mol. The Balaban J connectivity index is 1.61. The van der Waals surface area contributed by atoms with Crippen molar-refractivity contribution in [1.82, 2.24) is 0 Å².